The van der Waals surface area contributed by atoms with Crippen LogP contribution in [0.5, 0.6) is 5.75 Å². The van der Waals surface area contributed by atoms with Crippen molar-refractivity contribution in [3.8, 4) is 5.75 Å². The number of carbonyl (C=O) groups is 1. The molecule has 0 saturated carbocycles. The SMILES string of the molecule is C[C@@H](c1ccccn1)C1CC(C(N)=O)(N2CCC(Oc3cccc(C(F)(F)F)c3)C2)CCO1.Cl. The van der Waals surface area contributed by atoms with Crippen molar-refractivity contribution in [1.82, 2.24) is 9.88 Å². The van der Waals surface area contributed by atoms with Gasteiger partial charge in [0.15, 0.2) is 0 Å². The molecule has 2 fully saturated rings. The molecule has 1 amide bonds. The van der Waals surface area contributed by atoms with Crippen LogP contribution < -0.4 is 10.5 Å². The van der Waals surface area contributed by atoms with E-state index in [0.29, 0.717) is 39.0 Å². The summed E-state index contributed by atoms with van der Waals surface area (Å²) in [5, 5.41) is 0. The zero-order chi connectivity index (χ0) is 23.6. The quantitative estimate of drug-likeness (QED) is 0.645. The number of ether oxygens (including phenoxy) is 2. The summed E-state index contributed by atoms with van der Waals surface area (Å²) >= 11 is 0. The van der Waals surface area contributed by atoms with E-state index < -0.39 is 23.2 Å². The number of nitrogens with two attached hydrogens (primary N) is 1. The fourth-order valence-corrected chi connectivity index (χ4v) is 4.85. The molecule has 4 atom stereocenters. The number of rotatable bonds is 6. The predicted octanol–water partition coefficient (Wildman–Crippen LogP) is 4.18. The minimum absolute atomic E-state index is 0. The summed E-state index contributed by atoms with van der Waals surface area (Å²) in [5.74, 6) is -0.271. The number of carbonyl (C=O) groups excluding carboxylic acids is 1. The van der Waals surface area contributed by atoms with Crippen LogP contribution in [0.2, 0.25) is 0 Å². The number of hydrogen-bond donors (Lipinski definition) is 1. The van der Waals surface area contributed by atoms with Crippen molar-refractivity contribution < 1.29 is 27.4 Å². The lowest BCUT2D eigenvalue weighted by Crippen LogP contribution is -2.61. The van der Waals surface area contributed by atoms with Gasteiger partial charge in [0.2, 0.25) is 5.91 Å². The van der Waals surface area contributed by atoms with Crippen LogP contribution in [0.3, 0.4) is 0 Å². The van der Waals surface area contributed by atoms with Gasteiger partial charge in [-0.15, -0.1) is 12.4 Å². The molecule has 6 nitrogen and oxygen atoms in total. The van der Waals surface area contributed by atoms with Crippen LogP contribution in [0.1, 0.15) is 43.4 Å². The molecule has 0 spiro atoms. The standard InChI is InChI=1S/C24H28F3N3O3.ClH/c1-16(20-7-2-3-10-29-20)21-14-23(22(28)31,9-12-32-21)30-11-8-19(15-30)33-18-6-4-5-17(13-18)24(25,26)27;/h2-7,10,13,16,19,21H,8-9,11-12,14-15H2,1H3,(H2,28,31);1H/t16-,19?,21?,23?;/m0./s1. The Labute approximate surface area is 203 Å². The fraction of sp³-hybridized carbons (Fsp3) is 0.500. The molecule has 2 N–H and O–H groups in total. The van der Waals surface area contributed by atoms with Gasteiger partial charge in [-0.25, -0.2) is 0 Å². The van der Waals surface area contributed by atoms with Gasteiger partial charge in [0, 0.05) is 43.9 Å². The van der Waals surface area contributed by atoms with Gasteiger partial charge in [-0.2, -0.15) is 13.2 Å². The Balaban J connectivity index is 0.00000324. The molecule has 2 aliphatic heterocycles. The number of hydrogen-bond acceptors (Lipinski definition) is 5. The fourth-order valence-electron chi connectivity index (χ4n) is 4.85. The third-order valence-corrected chi connectivity index (χ3v) is 6.77. The molecule has 0 bridgehead atoms. The number of likely N-dealkylation sites (tertiary alicyclic amines) is 1. The van der Waals surface area contributed by atoms with Gasteiger partial charge in [0.05, 0.1) is 11.7 Å². The normalized spacial score (nSPS) is 26.5. The second kappa shape index (κ2) is 10.5. The van der Waals surface area contributed by atoms with Crippen LogP contribution >= 0.6 is 12.4 Å². The van der Waals surface area contributed by atoms with Gasteiger partial charge in [0.25, 0.3) is 0 Å². The number of halogens is 4. The molecule has 2 aromatic rings. The molecule has 1 aromatic heterocycles. The Kier molecular flexibility index (Phi) is 8.10. The number of aromatic nitrogens is 1. The van der Waals surface area contributed by atoms with Crippen molar-refractivity contribution in [2.24, 2.45) is 5.73 Å². The Morgan fingerprint density at radius 2 is 2.09 bits per heavy atom. The van der Waals surface area contributed by atoms with E-state index in [1.165, 1.54) is 12.1 Å². The van der Waals surface area contributed by atoms with E-state index in [4.69, 9.17) is 15.2 Å². The third kappa shape index (κ3) is 5.47. The topological polar surface area (TPSA) is 77.7 Å². The first-order chi connectivity index (χ1) is 15.7. The average molecular weight is 500 g/mol. The predicted molar refractivity (Wildman–Crippen MR) is 123 cm³/mol. The molecule has 4 rings (SSSR count). The van der Waals surface area contributed by atoms with Gasteiger partial charge < -0.3 is 15.2 Å². The highest BCUT2D eigenvalue weighted by molar-refractivity contribution is 5.85. The maximum Gasteiger partial charge on any atom is 0.416 e. The summed E-state index contributed by atoms with van der Waals surface area (Å²) in [7, 11) is 0. The number of nitrogens with zero attached hydrogens (tertiary/aromatic N) is 2. The van der Waals surface area contributed by atoms with E-state index in [-0.39, 0.29) is 36.3 Å². The van der Waals surface area contributed by atoms with E-state index in [9.17, 15) is 18.0 Å². The highest BCUT2D eigenvalue weighted by atomic mass is 35.5. The van der Waals surface area contributed by atoms with Crippen molar-refractivity contribution in [2.45, 2.75) is 56.0 Å². The highest BCUT2D eigenvalue weighted by Gasteiger charge is 2.50. The van der Waals surface area contributed by atoms with Gasteiger partial charge in [-0.1, -0.05) is 19.1 Å². The molecule has 2 aliphatic rings. The van der Waals surface area contributed by atoms with Crippen molar-refractivity contribution in [1.29, 1.82) is 0 Å². The van der Waals surface area contributed by atoms with Crippen molar-refractivity contribution in [3.63, 3.8) is 0 Å². The molecular weight excluding hydrogens is 471 g/mol. The summed E-state index contributed by atoms with van der Waals surface area (Å²) in [6.07, 6.45) is -1.79. The molecule has 186 valence electrons. The molecule has 10 heteroatoms. The summed E-state index contributed by atoms with van der Waals surface area (Å²) in [5.41, 5.74) is 5.17. The first kappa shape index (κ1) is 26.2. The maximum atomic E-state index is 13.0. The Morgan fingerprint density at radius 3 is 2.76 bits per heavy atom. The van der Waals surface area contributed by atoms with Crippen LogP contribution in [-0.2, 0) is 15.7 Å². The van der Waals surface area contributed by atoms with Crippen LogP contribution in [0.15, 0.2) is 48.7 Å². The highest BCUT2D eigenvalue weighted by Crippen LogP contribution is 2.39. The largest absolute Gasteiger partial charge is 0.489 e. The summed E-state index contributed by atoms with van der Waals surface area (Å²) in [4.78, 5) is 19.2. The maximum absolute atomic E-state index is 13.0. The van der Waals surface area contributed by atoms with Crippen LogP contribution in [0, 0.1) is 0 Å². The number of benzene rings is 1. The molecule has 0 radical (unpaired) electrons. The lowest BCUT2D eigenvalue weighted by molar-refractivity contribution is -0.143. The smallest absolute Gasteiger partial charge is 0.416 e. The summed E-state index contributed by atoms with van der Waals surface area (Å²) in [6.45, 7) is 3.38. The van der Waals surface area contributed by atoms with E-state index >= 15 is 0 Å². The van der Waals surface area contributed by atoms with Crippen molar-refractivity contribution in [2.75, 3.05) is 19.7 Å². The monoisotopic (exact) mass is 499 g/mol. The van der Waals surface area contributed by atoms with Crippen LogP contribution in [0.25, 0.3) is 0 Å². The number of primary amides is 1. The van der Waals surface area contributed by atoms with Gasteiger partial charge >= 0.3 is 6.18 Å². The van der Waals surface area contributed by atoms with Crippen LogP contribution in [0.4, 0.5) is 13.2 Å². The Morgan fingerprint density at radius 1 is 1.29 bits per heavy atom. The van der Waals surface area contributed by atoms with Crippen molar-refractivity contribution in [3.05, 3.63) is 59.9 Å². The lowest BCUT2D eigenvalue weighted by atomic mass is 9.80. The molecule has 3 heterocycles. The first-order valence-electron chi connectivity index (χ1n) is 11.1. The number of alkyl halides is 3. The van der Waals surface area contributed by atoms with Gasteiger partial charge in [-0.05, 0) is 43.2 Å². The Hall–Kier alpha value is -2.36. The van der Waals surface area contributed by atoms with E-state index in [0.717, 1.165) is 17.8 Å². The van der Waals surface area contributed by atoms with E-state index in [2.05, 4.69) is 4.98 Å². The summed E-state index contributed by atoms with van der Waals surface area (Å²) in [6, 6.07) is 10.6. The van der Waals surface area contributed by atoms with Crippen LogP contribution in [-0.4, -0.2) is 53.2 Å². The molecule has 1 aromatic carbocycles. The molecule has 34 heavy (non-hydrogen) atoms. The third-order valence-electron chi connectivity index (χ3n) is 6.77. The number of pyridine rings is 1. The zero-order valence-corrected chi connectivity index (χ0v) is 19.6. The zero-order valence-electron chi connectivity index (χ0n) is 18.8. The second-order valence-electron chi connectivity index (χ2n) is 8.80. The minimum atomic E-state index is -4.43. The van der Waals surface area contributed by atoms with Crippen molar-refractivity contribution >= 4 is 18.3 Å². The first-order valence-corrected chi connectivity index (χ1v) is 11.1. The molecule has 0 aliphatic carbocycles. The second-order valence-corrected chi connectivity index (χ2v) is 8.80. The van der Waals surface area contributed by atoms with Gasteiger partial charge in [-0.3, -0.25) is 14.7 Å². The molecular formula is C24H29ClF3N3O3. The molecule has 3 unspecified atom stereocenters. The van der Waals surface area contributed by atoms with E-state index in [1.807, 2.05) is 30.0 Å². The number of amides is 1. The lowest BCUT2D eigenvalue weighted by Gasteiger charge is -2.45. The summed E-state index contributed by atoms with van der Waals surface area (Å²) < 4.78 is 50.9. The van der Waals surface area contributed by atoms with E-state index in [1.54, 1.807) is 6.20 Å². The molecule has 2 saturated heterocycles. The minimum Gasteiger partial charge on any atom is -0.489 e. The Bertz CT molecular complexity index is 979. The average Bonchev–Trinajstić information content (AvgIpc) is 3.27. The van der Waals surface area contributed by atoms with Gasteiger partial charge in [0.1, 0.15) is 17.4 Å².